The number of hydrogen-bond acceptors (Lipinski definition) is 6. The molecule has 1 fully saturated rings. The van der Waals surface area contributed by atoms with E-state index in [9.17, 15) is 21.9 Å². The molecule has 0 amide bonds. The molecule has 0 aliphatic heterocycles. The lowest BCUT2D eigenvalue weighted by Gasteiger charge is -2.50. The van der Waals surface area contributed by atoms with Crippen molar-refractivity contribution in [1.29, 1.82) is 0 Å². The quantitative estimate of drug-likeness (QED) is 0.340. The molecule has 1 saturated carbocycles. The molecule has 2 atom stereocenters. The van der Waals surface area contributed by atoms with Crippen molar-refractivity contribution in [2.45, 2.75) is 74.6 Å². The minimum absolute atomic E-state index is 0.00622. The van der Waals surface area contributed by atoms with Gasteiger partial charge in [-0.15, -0.1) is 0 Å². The molecule has 8 nitrogen and oxygen atoms in total. The zero-order valence-electron chi connectivity index (χ0n) is 25.2. The summed E-state index contributed by atoms with van der Waals surface area (Å²) in [6.07, 6.45) is 0. The summed E-state index contributed by atoms with van der Waals surface area (Å²) in [5.41, 5.74) is 2.65. The van der Waals surface area contributed by atoms with Gasteiger partial charge in [-0.25, -0.2) is 16.8 Å². The number of aliphatic hydroxyl groups excluding tert-OH is 1. The van der Waals surface area contributed by atoms with Crippen LogP contribution in [0.5, 0.6) is 0 Å². The van der Waals surface area contributed by atoms with Gasteiger partial charge in [0.15, 0.2) is 8.32 Å². The molecular formula is C30H44N2O6S2Si. The van der Waals surface area contributed by atoms with E-state index in [-0.39, 0.29) is 34.5 Å². The highest BCUT2D eigenvalue weighted by Gasteiger charge is 2.52. The molecule has 2 aromatic rings. The van der Waals surface area contributed by atoms with Crippen LogP contribution in [0, 0.1) is 13.8 Å². The lowest BCUT2D eigenvalue weighted by atomic mass is 9.76. The zero-order chi connectivity index (χ0) is 31.0. The number of aryl methyl sites for hydroxylation is 2. The Kier molecular flexibility index (Phi) is 9.96. The first-order valence-electron chi connectivity index (χ1n) is 13.7. The second-order valence-electron chi connectivity index (χ2n) is 12.1. The molecule has 226 valence electrons. The van der Waals surface area contributed by atoms with Crippen LogP contribution in [0.15, 0.2) is 82.6 Å². The molecular weight excluding hydrogens is 577 g/mol. The fourth-order valence-corrected chi connectivity index (χ4v) is 8.80. The van der Waals surface area contributed by atoms with Crippen molar-refractivity contribution in [3.05, 3.63) is 84.0 Å². The van der Waals surface area contributed by atoms with Crippen LogP contribution in [0.25, 0.3) is 0 Å². The van der Waals surface area contributed by atoms with Crippen LogP contribution < -0.4 is 0 Å². The molecule has 1 aliphatic carbocycles. The van der Waals surface area contributed by atoms with Crippen molar-refractivity contribution in [1.82, 2.24) is 8.61 Å². The summed E-state index contributed by atoms with van der Waals surface area (Å²) < 4.78 is 64.8. The van der Waals surface area contributed by atoms with Crippen LogP contribution in [0.3, 0.4) is 0 Å². The Hall–Kier alpha value is -2.12. The molecule has 2 aromatic carbocycles. The summed E-state index contributed by atoms with van der Waals surface area (Å²) >= 11 is 0. The van der Waals surface area contributed by atoms with Gasteiger partial charge < -0.3 is 9.53 Å². The largest absolute Gasteiger partial charge is 0.415 e. The maximum Gasteiger partial charge on any atom is 0.243 e. The smallest absolute Gasteiger partial charge is 0.243 e. The molecule has 1 aliphatic rings. The molecule has 0 spiro atoms. The van der Waals surface area contributed by atoms with Crippen LogP contribution >= 0.6 is 0 Å². The Morgan fingerprint density at radius 1 is 0.780 bits per heavy atom. The monoisotopic (exact) mass is 620 g/mol. The van der Waals surface area contributed by atoms with Gasteiger partial charge in [0.05, 0.1) is 28.5 Å². The van der Waals surface area contributed by atoms with E-state index in [4.69, 9.17) is 4.43 Å². The fourth-order valence-electron chi connectivity index (χ4n) is 4.54. The van der Waals surface area contributed by atoms with E-state index in [1.54, 1.807) is 36.4 Å². The van der Waals surface area contributed by atoms with Gasteiger partial charge in [-0.2, -0.15) is 8.61 Å². The highest BCUT2D eigenvalue weighted by Crippen LogP contribution is 2.43. The van der Waals surface area contributed by atoms with E-state index < -0.39 is 47.1 Å². The minimum atomic E-state index is -4.12. The topological polar surface area (TPSA) is 104 Å². The second-order valence-corrected chi connectivity index (χ2v) is 20.7. The summed E-state index contributed by atoms with van der Waals surface area (Å²) in [6, 6.07) is 11.1. The third-order valence-electron chi connectivity index (χ3n) is 8.20. The van der Waals surface area contributed by atoms with E-state index >= 15 is 0 Å². The second kappa shape index (κ2) is 12.2. The highest BCUT2D eigenvalue weighted by molar-refractivity contribution is 7.89. The van der Waals surface area contributed by atoms with E-state index in [1.807, 2.05) is 13.8 Å². The van der Waals surface area contributed by atoms with Gasteiger partial charge in [-0.05, 0) is 67.4 Å². The number of nitrogens with zero attached hydrogens (tertiary/aromatic N) is 2. The lowest BCUT2D eigenvalue weighted by Crippen LogP contribution is -2.64. The fraction of sp³-hybridized carbons (Fsp3) is 0.467. The minimum Gasteiger partial charge on any atom is -0.415 e. The number of rotatable bonds is 12. The lowest BCUT2D eigenvalue weighted by molar-refractivity contribution is 0.159. The average molecular weight is 621 g/mol. The molecule has 0 aromatic heterocycles. The molecule has 11 heteroatoms. The van der Waals surface area contributed by atoms with Gasteiger partial charge in [-0.3, -0.25) is 0 Å². The van der Waals surface area contributed by atoms with Gasteiger partial charge in [0.2, 0.25) is 20.0 Å². The van der Waals surface area contributed by atoms with E-state index in [1.165, 1.54) is 16.4 Å². The van der Waals surface area contributed by atoms with Gasteiger partial charge >= 0.3 is 0 Å². The van der Waals surface area contributed by atoms with E-state index in [0.717, 1.165) is 15.4 Å². The molecule has 1 N–H and O–H groups in total. The summed E-state index contributed by atoms with van der Waals surface area (Å²) in [5, 5.41) is 9.82. The van der Waals surface area contributed by atoms with Crippen molar-refractivity contribution in [2.75, 3.05) is 26.3 Å². The summed E-state index contributed by atoms with van der Waals surface area (Å²) in [4.78, 5) is 0.143. The highest BCUT2D eigenvalue weighted by atomic mass is 32.2. The molecule has 0 radical (unpaired) electrons. The maximum atomic E-state index is 14.2. The number of sulfonamides is 2. The first kappa shape index (κ1) is 33.4. The Balaban J connectivity index is 2.08. The zero-order valence-corrected chi connectivity index (χ0v) is 27.8. The summed E-state index contributed by atoms with van der Waals surface area (Å²) in [6.45, 7) is 21.8. The summed E-state index contributed by atoms with van der Waals surface area (Å²) in [7, 11) is -10.4. The van der Waals surface area contributed by atoms with Crippen molar-refractivity contribution < 1.29 is 26.4 Å². The molecule has 0 unspecified atom stereocenters. The van der Waals surface area contributed by atoms with Crippen LogP contribution in [-0.4, -0.2) is 77.3 Å². The maximum absolute atomic E-state index is 14.2. The Bertz CT molecular complexity index is 1480. The standard InChI is InChI=1S/C30H44N2O6S2Si/c1-22-10-14-26(15-11-22)39(34,35)31(18-20-33)28-24(3)25(4)29(28)32(19-21-38-41(8,9)30(5,6)7)40(36,37)27-16-12-23(2)13-17-27/h10-17,28-29,33H,3-4,18-21H2,1-2,5-9H3/t28-,29-/m1/s1. The average Bonchev–Trinajstić information content (AvgIpc) is 2.88. The van der Waals surface area contributed by atoms with Gasteiger partial charge in [0, 0.05) is 19.7 Å². The van der Waals surface area contributed by atoms with Crippen molar-refractivity contribution in [3.63, 3.8) is 0 Å². The predicted octanol–water partition coefficient (Wildman–Crippen LogP) is 4.86. The number of benzene rings is 2. The number of hydrogen-bond donors (Lipinski definition) is 1. The van der Waals surface area contributed by atoms with Gasteiger partial charge in [-0.1, -0.05) is 69.3 Å². The van der Waals surface area contributed by atoms with Crippen molar-refractivity contribution >= 4 is 28.4 Å². The van der Waals surface area contributed by atoms with E-state index in [0.29, 0.717) is 11.1 Å². The van der Waals surface area contributed by atoms with Crippen molar-refractivity contribution in [3.8, 4) is 0 Å². The Morgan fingerprint density at radius 3 is 1.49 bits per heavy atom. The molecule has 0 bridgehead atoms. The predicted molar refractivity (Wildman–Crippen MR) is 166 cm³/mol. The van der Waals surface area contributed by atoms with Crippen LogP contribution in [-0.2, 0) is 24.5 Å². The number of aliphatic hydroxyl groups is 1. The first-order valence-corrected chi connectivity index (χ1v) is 19.4. The van der Waals surface area contributed by atoms with Crippen LogP contribution in [0.1, 0.15) is 31.9 Å². The Morgan fingerprint density at radius 2 is 1.15 bits per heavy atom. The molecule has 0 saturated heterocycles. The van der Waals surface area contributed by atoms with Crippen molar-refractivity contribution in [2.24, 2.45) is 0 Å². The van der Waals surface area contributed by atoms with Gasteiger partial charge in [0.25, 0.3) is 0 Å². The SMILES string of the molecule is C=C1C(=C)[C@@H](N(CCO[Si](C)(C)C(C)(C)C)S(=O)(=O)c2ccc(C)cc2)[C@@H]1N(CCO)S(=O)(=O)c1ccc(C)cc1. The normalized spacial score (nSPS) is 18.7. The van der Waals surface area contributed by atoms with Crippen LogP contribution in [0.4, 0.5) is 0 Å². The van der Waals surface area contributed by atoms with E-state index in [2.05, 4.69) is 47.0 Å². The first-order chi connectivity index (χ1) is 18.9. The molecule has 0 heterocycles. The third-order valence-corrected chi connectivity index (χ3v) is 16.5. The molecule has 41 heavy (non-hydrogen) atoms. The third kappa shape index (κ3) is 6.77. The Labute approximate surface area is 247 Å². The van der Waals surface area contributed by atoms with Gasteiger partial charge in [0.1, 0.15) is 0 Å². The van der Waals surface area contributed by atoms with Crippen LogP contribution in [0.2, 0.25) is 18.1 Å². The summed E-state index contributed by atoms with van der Waals surface area (Å²) in [5.74, 6) is 0. The molecule has 3 rings (SSSR count).